The average molecular weight is 282 g/mol. The van der Waals surface area contributed by atoms with Gasteiger partial charge >= 0.3 is 5.00 Å². The van der Waals surface area contributed by atoms with Gasteiger partial charge in [0.25, 0.3) is 5.91 Å². The molecule has 0 saturated carbocycles. The van der Waals surface area contributed by atoms with Crippen molar-refractivity contribution in [2.24, 2.45) is 0 Å². The number of nitro groups is 1. The normalized spacial score (nSPS) is 12.1. The minimum atomic E-state index is -0.496. The Kier molecular flexibility index (Phi) is 3.73. The fraction of sp³-hybridized carbons (Fsp3) is 0.182. The fourth-order valence-electron chi connectivity index (χ4n) is 1.43. The van der Waals surface area contributed by atoms with Gasteiger partial charge in [0, 0.05) is 16.3 Å². The summed E-state index contributed by atoms with van der Waals surface area (Å²) in [7, 11) is 0. The lowest BCUT2D eigenvalue weighted by Crippen LogP contribution is -2.25. The number of nitrogens with zero attached hydrogens (tertiary/aromatic N) is 1. The van der Waals surface area contributed by atoms with Gasteiger partial charge in [-0.1, -0.05) is 17.4 Å². The summed E-state index contributed by atoms with van der Waals surface area (Å²) in [4.78, 5) is 22.9. The minimum Gasteiger partial charge on any atom is -0.345 e. The Bertz CT molecular complexity index is 563. The molecule has 2 heterocycles. The second-order valence-electron chi connectivity index (χ2n) is 3.64. The Hall–Kier alpha value is -1.73. The van der Waals surface area contributed by atoms with Crippen molar-refractivity contribution in [3.63, 3.8) is 0 Å². The quantitative estimate of drug-likeness (QED) is 0.691. The zero-order chi connectivity index (χ0) is 13.1. The van der Waals surface area contributed by atoms with Gasteiger partial charge in [-0.3, -0.25) is 14.9 Å². The average Bonchev–Trinajstić information content (AvgIpc) is 3.00. The molecule has 7 heteroatoms. The largest absolute Gasteiger partial charge is 0.345 e. The van der Waals surface area contributed by atoms with Crippen LogP contribution in [0.1, 0.15) is 28.2 Å². The van der Waals surface area contributed by atoms with E-state index in [-0.39, 0.29) is 17.0 Å². The van der Waals surface area contributed by atoms with E-state index in [4.69, 9.17) is 0 Å². The first kappa shape index (κ1) is 12.7. The molecule has 2 aromatic heterocycles. The summed E-state index contributed by atoms with van der Waals surface area (Å²) in [5, 5.41) is 16.7. The highest BCUT2D eigenvalue weighted by Gasteiger charge is 2.17. The summed E-state index contributed by atoms with van der Waals surface area (Å²) in [5.41, 5.74) is 0.329. The topological polar surface area (TPSA) is 72.2 Å². The lowest BCUT2D eigenvalue weighted by molar-refractivity contribution is -0.380. The molecule has 0 bridgehead atoms. The van der Waals surface area contributed by atoms with Crippen LogP contribution < -0.4 is 5.32 Å². The highest BCUT2D eigenvalue weighted by atomic mass is 32.1. The standard InChI is InChI=1S/C11H10N2O3S2/c1-7(9-3-2-4-17-9)12-11(14)8-5-10(13(15)16)18-6-8/h2-7H,1H3,(H,12,14). The molecule has 0 aliphatic heterocycles. The molecule has 2 aromatic rings. The van der Waals surface area contributed by atoms with Gasteiger partial charge in [-0.25, -0.2) is 0 Å². The van der Waals surface area contributed by atoms with Crippen LogP contribution in [0.2, 0.25) is 0 Å². The summed E-state index contributed by atoms with van der Waals surface area (Å²) in [6, 6.07) is 5.04. The molecule has 1 N–H and O–H groups in total. The van der Waals surface area contributed by atoms with E-state index >= 15 is 0 Å². The van der Waals surface area contributed by atoms with Crippen LogP contribution in [-0.4, -0.2) is 10.8 Å². The SMILES string of the molecule is CC(NC(=O)c1csc([N+](=O)[O-])c1)c1cccs1. The lowest BCUT2D eigenvalue weighted by Gasteiger charge is -2.10. The van der Waals surface area contributed by atoms with Gasteiger partial charge in [0.15, 0.2) is 0 Å². The maximum Gasteiger partial charge on any atom is 0.324 e. The number of nitrogens with one attached hydrogen (secondary N) is 1. The molecular weight excluding hydrogens is 272 g/mol. The first-order valence-electron chi connectivity index (χ1n) is 5.15. The van der Waals surface area contributed by atoms with E-state index in [0.29, 0.717) is 5.56 Å². The van der Waals surface area contributed by atoms with Crippen LogP contribution in [-0.2, 0) is 0 Å². The molecule has 0 aromatic carbocycles. The minimum absolute atomic E-state index is 0.0241. The molecule has 0 radical (unpaired) electrons. The number of hydrogen-bond acceptors (Lipinski definition) is 5. The third kappa shape index (κ3) is 2.74. The fourth-order valence-corrected chi connectivity index (χ4v) is 2.87. The highest BCUT2D eigenvalue weighted by molar-refractivity contribution is 7.13. The van der Waals surface area contributed by atoms with Gasteiger partial charge in [-0.2, -0.15) is 0 Å². The number of rotatable bonds is 4. The van der Waals surface area contributed by atoms with Crippen LogP contribution in [0.15, 0.2) is 29.0 Å². The third-order valence-corrected chi connectivity index (χ3v) is 4.28. The van der Waals surface area contributed by atoms with E-state index in [9.17, 15) is 14.9 Å². The van der Waals surface area contributed by atoms with Crippen LogP contribution in [0, 0.1) is 10.1 Å². The third-order valence-electron chi connectivity index (χ3n) is 2.35. The van der Waals surface area contributed by atoms with Crippen LogP contribution in [0.25, 0.3) is 0 Å². The molecule has 0 aliphatic rings. The van der Waals surface area contributed by atoms with E-state index in [0.717, 1.165) is 16.2 Å². The van der Waals surface area contributed by atoms with Gasteiger partial charge in [0.2, 0.25) is 0 Å². The van der Waals surface area contributed by atoms with Crippen LogP contribution >= 0.6 is 22.7 Å². The molecule has 1 atom stereocenters. The van der Waals surface area contributed by atoms with Gasteiger partial charge in [-0.05, 0) is 18.4 Å². The van der Waals surface area contributed by atoms with E-state index in [1.54, 1.807) is 11.3 Å². The molecule has 1 unspecified atom stereocenters. The van der Waals surface area contributed by atoms with Crippen LogP contribution in [0.3, 0.4) is 0 Å². The van der Waals surface area contributed by atoms with Crippen molar-refractivity contribution in [2.75, 3.05) is 0 Å². The molecule has 0 saturated heterocycles. The molecule has 0 fully saturated rings. The number of thiophene rings is 2. The Balaban J connectivity index is 2.05. The van der Waals surface area contributed by atoms with Crippen molar-refractivity contribution >= 4 is 33.6 Å². The lowest BCUT2D eigenvalue weighted by atomic mass is 10.2. The maximum absolute atomic E-state index is 11.9. The van der Waals surface area contributed by atoms with E-state index in [1.165, 1.54) is 11.4 Å². The summed E-state index contributed by atoms with van der Waals surface area (Å²) in [6.45, 7) is 1.88. The Morgan fingerprint density at radius 3 is 2.83 bits per heavy atom. The molecule has 0 spiro atoms. The Morgan fingerprint density at radius 2 is 2.28 bits per heavy atom. The first-order valence-corrected chi connectivity index (χ1v) is 6.91. The summed E-state index contributed by atoms with van der Waals surface area (Å²) < 4.78 is 0. The molecule has 1 amide bonds. The molecule has 18 heavy (non-hydrogen) atoms. The predicted octanol–water partition coefficient (Wildman–Crippen LogP) is 3.21. The highest BCUT2D eigenvalue weighted by Crippen LogP contribution is 2.24. The van der Waals surface area contributed by atoms with Gasteiger partial charge in [0.05, 0.1) is 16.5 Å². The van der Waals surface area contributed by atoms with Crippen molar-refractivity contribution in [2.45, 2.75) is 13.0 Å². The zero-order valence-electron chi connectivity index (χ0n) is 9.45. The first-order chi connectivity index (χ1) is 8.58. The van der Waals surface area contributed by atoms with Crippen LogP contribution in [0.4, 0.5) is 5.00 Å². The number of carbonyl (C=O) groups excluding carboxylic acids is 1. The van der Waals surface area contributed by atoms with Crippen LogP contribution in [0.5, 0.6) is 0 Å². The number of amides is 1. The molecule has 5 nitrogen and oxygen atoms in total. The Labute approximate surface area is 111 Å². The van der Waals surface area contributed by atoms with E-state index < -0.39 is 4.92 Å². The maximum atomic E-state index is 11.9. The van der Waals surface area contributed by atoms with Crippen molar-refractivity contribution in [3.8, 4) is 0 Å². The Morgan fingerprint density at radius 1 is 1.50 bits per heavy atom. The summed E-state index contributed by atoms with van der Waals surface area (Å²) in [5.74, 6) is -0.291. The second kappa shape index (κ2) is 5.28. The van der Waals surface area contributed by atoms with Gasteiger partial charge in [0.1, 0.15) is 0 Å². The van der Waals surface area contributed by atoms with Crippen molar-refractivity contribution in [1.29, 1.82) is 0 Å². The molecule has 0 aliphatic carbocycles. The van der Waals surface area contributed by atoms with Crippen molar-refractivity contribution in [1.82, 2.24) is 5.32 Å². The number of hydrogen-bond donors (Lipinski definition) is 1. The van der Waals surface area contributed by atoms with Gasteiger partial charge in [-0.15, -0.1) is 11.3 Å². The number of carbonyl (C=O) groups is 1. The van der Waals surface area contributed by atoms with Crippen molar-refractivity contribution < 1.29 is 9.72 Å². The second-order valence-corrected chi connectivity index (χ2v) is 5.51. The van der Waals surface area contributed by atoms with Crippen molar-refractivity contribution in [3.05, 3.63) is 49.5 Å². The molecule has 2 rings (SSSR count). The predicted molar refractivity (Wildman–Crippen MR) is 71.2 cm³/mol. The van der Waals surface area contributed by atoms with E-state index in [2.05, 4.69) is 5.32 Å². The molecular formula is C11H10N2O3S2. The summed E-state index contributed by atoms with van der Waals surface area (Å²) in [6.07, 6.45) is 0. The molecule has 94 valence electrons. The smallest absolute Gasteiger partial charge is 0.324 e. The van der Waals surface area contributed by atoms with E-state index in [1.807, 2.05) is 24.4 Å². The monoisotopic (exact) mass is 282 g/mol. The zero-order valence-corrected chi connectivity index (χ0v) is 11.1. The summed E-state index contributed by atoms with van der Waals surface area (Å²) >= 11 is 2.51. The van der Waals surface area contributed by atoms with Gasteiger partial charge < -0.3 is 5.32 Å².